The topological polar surface area (TPSA) is 80.9 Å². The summed E-state index contributed by atoms with van der Waals surface area (Å²) in [5, 5.41) is 12.9. The van der Waals surface area contributed by atoms with Gasteiger partial charge in [-0.05, 0) is 13.0 Å². The highest BCUT2D eigenvalue weighted by atomic mass is 16.4. The summed E-state index contributed by atoms with van der Waals surface area (Å²) in [7, 11) is 0. The summed E-state index contributed by atoms with van der Waals surface area (Å²) >= 11 is 0. The van der Waals surface area contributed by atoms with Crippen LogP contribution in [0.4, 0.5) is 0 Å². The number of carbonyl (C=O) groups is 1. The zero-order valence-corrected chi connectivity index (χ0v) is 8.66. The molecule has 2 heterocycles. The number of hydrogen-bond donors (Lipinski definition) is 1. The minimum absolute atomic E-state index is 0.0203. The molecule has 0 aromatic carbocycles. The van der Waals surface area contributed by atoms with E-state index in [0.29, 0.717) is 17.9 Å². The number of carboxylic acid groups (broad SMARTS) is 1. The van der Waals surface area contributed by atoms with Crippen molar-refractivity contribution in [1.82, 2.24) is 19.7 Å². The van der Waals surface area contributed by atoms with Crippen LogP contribution in [0.2, 0.25) is 0 Å². The van der Waals surface area contributed by atoms with Crippen LogP contribution < -0.4 is 0 Å². The van der Waals surface area contributed by atoms with Gasteiger partial charge in [-0.1, -0.05) is 0 Å². The molecular weight excluding hydrogens is 208 g/mol. The SMILES string of the molecule is CCn1cc(-c2ncccn2)c(C(=O)O)n1. The van der Waals surface area contributed by atoms with Crippen LogP contribution in [0.3, 0.4) is 0 Å². The monoisotopic (exact) mass is 218 g/mol. The molecule has 0 bridgehead atoms. The number of aryl methyl sites for hydroxylation is 1. The molecule has 0 aliphatic carbocycles. The molecule has 0 fully saturated rings. The smallest absolute Gasteiger partial charge is 0.357 e. The summed E-state index contributed by atoms with van der Waals surface area (Å²) in [5.74, 6) is -0.700. The Hall–Kier alpha value is -2.24. The van der Waals surface area contributed by atoms with Gasteiger partial charge in [0.05, 0.1) is 5.56 Å². The predicted octanol–water partition coefficient (Wildman–Crippen LogP) is 1.06. The highest BCUT2D eigenvalue weighted by Gasteiger charge is 2.18. The van der Waals surface area contributed by atoms with Crippen LogP contribution in [0.15, 0.2) is 24.7 Å². The van der Waals surface area contributed by atoms with Crippen molar-refractivity contribution in [2.24, 2.45) is 0 Å². The third-order valence-electron chi connectivity index (χ3n) is 2.09. The molecular formula is C10H10N4O2. The van der Waals surface area contributed by atoms with Gasteiger partial charge in [0.25, 0.3) is 0 Å². The van der Waals surface area contributed by atoms with Crippen LogP contribution in [-0.2, 0) is 6.54 Å². The van der Waals surface area contributed by atoms with Gasteiger partial charge in [-0.25, -0.2) is 14.8 Å². The average molecular weight is 218 g/mol. The van der Waals surface area contributed by atoms with E-state index in [1.54, 1.807) is 29.3 Å². The number of aromatic carboxylic acids is 1. The Kier molecular flexibility index (Phi) is 2.63. The van der Waals surface area contributed by atoms with Crippen LogP contribution in [0.1, 0.15) is 17.4 Å². The summed E-state index contributed by atoms with van der Waals surface area (Å²) in [5.41, 5.74) is 0.419. The lowest BCUT2D eigenvalue weighted by atomic mass is 10.2. The molecule has 6 nitrogen and oxygen atoms in total. The third-order valence-corrected chi connectivity index (χ3v) is 2.09. The minimum atomic E-state index is -1.07. The maximum Gasteiger partial charge on any atom is 0.357 e. The lowest BCUT2D eigenvalue weighted by molar-refractivity contribution is 0.0690. The van der Waals surface area contributed by atoms with Gasteiger partial charge in [-0.15, -0.1) is 0 Å². The molecule has 82 valence electrons. The number of aromatic nitrogens is 4. The first-order valence-electron chi connectivity index (χ1n) is 4.80. The molecule has 0 aliphatic heterocycles. The number of hydrogen-bond acceptors (Lipinski definition) is 4. The van der Waals surface area contributed by atoms with Crippen molar-refractivity contribution in [2.45, 2.75) is 13.5 Å². The molecule has 2 aromatic heterocycles. The quantitative estimate of drug-likeness (QED) is 0.833. The van der Waals surface area contributed by atoms with E-state index in [1.165, 1.54) is 0 Å². The van der Waals surface area contributed by atoms with E-state index in [1.807, 2.05) is 6.92 Å². The number of nitrogens with zero attached hydrogens (tertiary/aromatic N) is 4. The summed E-state index contributed by atoms with van der Waals surface area (Å²) in [6.07, 6.45) is 4.77. The summed E-state index contributed by atoms with van der Waals surface area (Å²) in [4.78, 5) is 19.0. The van der Waals surface area contributed by atoms with Gasteiger partial charge in [0.2, 0.25) is 0 Å². The van der Waals surface area contributed by atoms with E-state index in [9.17, 15) is 4.79 Å². The first-order chi connectivity index (χ1) is 7.72. The van der Waals surface area contributed by atoms with Crippen molar-refractivity contribution in [2.75, 3.05) is 0 Å². The van der Waals surface area contributed by atoms with Crippen molar-refractivity contribution < 1.29 is 9.90 Å². The first-order valence-corrected chi connectivity index (χ1v) is 4.80. The fourth-order valence-corrected chi connectivity index (χ4v) is 1.34. The van der Waals surface area contributed by atoms with Crippen molar-refractivity contribution >= 4 is 5.97 Å². The summed E-state index contributed by atoms with van der Waals surface area (Å²) in [6, 6.07) is 1.67. The Labute approximate surface area is 91.6 Å². The Morgan fingerprint density at radius 2 is 2.12 bits per heavy atom. The lowest BCUT2D eigenvalue weighted by Crippen LogP contribution is -2.02. The fourth-order valence-electron chi connectivity index (χ4n) is 1.34. The molecule has 0 unspecified atom stereocenters. The maximum absolute atomic E-state index is 11.0. The molecule has 0 aliphatic rings. The highest BCUT2D eigenvalue weighted by molar-refractivity contribution is 5.92. The Morgan fingerprint density at radius 1 is 1.44 bits per heavy atom. The second-order valence-electron chi connectivity index (χ2n) is 3.12. The largest absolute Gasteiger partial charge is 0.476 e. The van der Waals surface area contributed by atoms with Crippen molar-refractivity contribution in [1.29, 1.82) is 0 Å². The predicted molar refractivity (Wildman–Crippen MR) is 55.9 cm³/mol. The van der Waals surface area contributed by atoms with Crippen LogP contribution in [-0.4, -0.2) is 30.8 Å². The molecule has 0 atom stereocenters. The van der Waals surface area contributed by atoms with Gasteiger partial charge >= 0.3 is 5.97 Å². The van der Waals surface area contributed by atoms with Crippen LogP contribution in [0.5, 0.6) is 0 Å². The van der Waals surface area contributed by atoms with Crippen molar-refractivity contribution in [3.05, 3.63) is 30.4 Å². The molecule has 0 saturated heterocycles. The highest BCUT2D eigenvalue weighted by Crippen LogP contribution is 2.18. The van der Waals surface area contributed by atoms with E-state index in [4.69, 9.17) is 5.11 Å². The van der Waals surface area contributed by atoms with E-state index in [-0.39, 0.29) is 5.69 Å². The van der Waals surface area contributed by atoms with Crippen LogP contribution in [0.25, 0.3) is 11.4 Å². The summed E-state index contributed by atoms with van der Waals surface area (Å²) in [6.45, 7) is 2.49. The maximum atomic E-state index is 11.0. The van der Waals surface area contributed by atoms with E-state index in [0.717, 1.165) is 0 Å². The van der Waals surface area contributed by atoms with Gasteiger partial charge in [-0.2, -0.15) is 5.10 Å². The lowest BCUT2D eigenvalue weighted by Gasteiger charge is -1.95. The molecule has 1 N–H and O–H groups in total. The van der Waals surface area contributed by atoms with Gasteiger partial charge in [0.1, 0.15) is 0 Å². The molecule has 6 heteroatoms. The average Bonchev–Trinajstić information content (AvgIpc) is 2.74. The standard InChI is InChI=1S/C10H10N4O2/c1-2-14-6-7(8(13-14)10(15)16)9-11-4-3-5-12-9/h3-6H,2H2,1H3,(H,15,16). The fraction of sp³-hybridized carbons (Fsp3) is 0.200. The van der Waals surface area contributed by atoms with E-state index < -0.39 is 5.97 Å². The molecule has 0 amide bonds. The Balaban J connectivity index is 2.55. The van der Waals surface area contributed by atoms with Crippen molar-refractivity contribution in [3.8, 4) is 11.4 Å². The first kappa shape index (κ1) is 10.3. The molecule has 0 saturated carbocycles. The molecule has 2 rings (SSSR count). The molecule has 0 radical (unpaired) electrons. The number of carboxylic acids is 1. The third kappa shape index (κ3) is 1.77. The Morgan fingerprint density at radius 3 is 2.69 bits per heavy atom. The van der Waals surface area contributed by atoms with Gasteiger partial charge < -0.3 is 5.11 Å². The second-order valence-corrected chi connectivity index (χ2v) is 3.12. The van der Waals surface area contributed by atoms with Crippen LogP contribution in [0, 0.1) is 0 Å². The van der Waals surface area contributed by atoms with E-state index in [2.05, 4.69) is 15.1 Å². The van der Waals surface area contributed by atoms with E-state index >= 15 is 0 Å². The van der Waals surface area contributed by atoms with Gasteiger partial charge in [0, 0.05) is 25.1 Å². The van der Waals surface area contributed by atoms with Gasteiger partial charge in [-0.3, -0.25) is 4.68 Å². The zero-order chi connectivity index (χ0) is 11.5. The Bertz CT molecular complexity index is 507. The molecule has 2 aromatic rings. The second kappa shape index (κ2) is 4.09. The van der Waals surface area contributed by atoms with Crippen LogP contribution >= 0.6 is 0 Å². The zero-order valence-electron chi connectivity index (χ0n) is 8.66. The normalized spacial score (nSPS) is 10.3. The van der Waals surface area contributed by atoms with Crippen molar-refractivity contribution in [3.63, 3.8) is 0 Å². The summed E-state index contributed by atoms with van der Waals surface area (Å²) < 4.78 is 1.55. The number of rotatable bonds is 3. The van der Waals surface area contributed by atoms with Gasteiger partial charge in [0.15, 0.2) is 11.5 Å². The molecule has 0 spiro atoms. The molecule has 16 heavy (non-hydrogen) atoms. The minimum Gasteiger partial charge on any atom is -0.476 e.